The van der Waals surface area contributed by atoms with Gasteiger partial charge in [0.05, 0.1) is 0 Å². The first-order valence-corrected chi connectivity index (χ1v) is 7.22. The van der Waals surface area contributed by atoms with Gasteiger partial charge in [-0.05, 0) is 42.0 Å². The zero-order valence-electron chi connectivity index (χ0n) is 10.9. The van der Waals surface area contributed by atoms with E-state index in [4.69, 9.17) is 11.6 Å². The Bertz CT molecular complexity index is 532. The molecule has 1 N–H and O–H groups in total. The predicted molar refractivity (Wildman–Crippen MR) is 80.5 cm³/mol. The highest BCUT2D eigenvalue weighted by Crippen LogP contribution is 2.36. The topological polar surface area (TPSA) is 12.0 Å². The van der Waals surface area contributed by atoms with Crippen molar-refractivity contribution >= 4 is 11.6 Å². The highest BCUT2D eigenvalue weighted by Gasteiger charge is 2.29. The van der Waals surface area contributed by atoms with Crippen LogP contribution in [0.2, 0.25) is 5.02 Å². The second-order valence-electron chi connectivity index (χ2n) is 5.29. The summed E-state index contributed by atoms with van der Waals surface area (Å²) < 4.78 is 0. The molecular weight excluding hydrogens is 254 g/mol. The summed E-state index contributed by atoms with van der Waals surface area (Å²) in [6.45, 7) is 0.909. The van der Waals surface area contributed by atoms with Gasteiger partial charge < -0.3 is 5.32 Å². The first kappa shape index (κ1) is 12.7. The Morgan fingerprint density at radius 1 is 1.00 bits per heavy atom. The van der Waals surface area contributed by atoms with Crippen molar-refractivity contribution < 1.29 is 0 Å². The smallest absolute Gasteiger partial charge is 0.0409 e. The van der Waals surface area contributed by atoms with Crippen LogP contribution in [0.5, 0.6) is 0 Å². The van der Waals surface area contributed by atoms with Gasteiger partial charge in [0, 0.05) is 17.6 Å². The van der Waals surface area contributed by atoms with Crippen LogP contribution >= 0.6 is 11.6 Å². The molecule has 0 bridgehead atoms. The molecule has 0 amide bonds. The second kappa shape index (κ2) is 5.77. The monoisotopic (exact) mass is 271 g/mol. The van der Waals surface area contributed by atoms with E-state index in [1.165, 1.54) is 24.0 Å². The van der Waals surface area contributed by atoms with Crippen molar-refractivity contribution in [2.75, 3.05) is 0 Å². The molecule has 1 fully saturated rings. The van der Waals surface area contributed by atoms with E-state index in [9.17, 15) is 0 Å². The summed E-state index contributed by atoms with van der Waals surface area (Å²) in [5, 5.41) is 4.42. The molecule has 0 radical (unpaired) electrons. The fourth-order valence-electron chi connectivity index (χ4n) is 2.69. The van der Waals surface area contributed by atoms with Gasteiger partial charge in [0.1, 0.15) is 0 Å². The molecule has 0 spiro atoms. The van der Waals surface area contributed by atoms with E-state index in [1.807, 2.05) is 18.2 Å². The molecule has 98 valence electrons. The molecule has 0 unspecified atom stereocenters. The lowest BCUT2D eigenvalue weighted by Crippen LogP contribution is -2.39. The quantitative estimate of drug-likeness (QED) is 0.870. The Morgan fingerprint density at radius 2 is 1.79 bits per heavy atom. The minimum Gasteiger partial charge on any atom is -0.310 e. The standard InChI is InChI=1S/C17H18ClN/c18-16-8-4-5-13(9-16)12-19-17-10-15(11-17)14-6-2-1-3-7-14/h1-9,15,17,19H,10-12H2. The van der Waals surface area contributed by atoms with Gasteiger partial charge >= 0.3 is 0 Å². The van der Waals surface area contributed by atoms with E-state index in [0.29, 0.717) is 6.04 Å². The minimum absolute atomic E-state index is 0.643. The molecule has 3 rings (SSSR count). The zero-order valence-corrected chi connectivity index (χ0v) is 11.6. The average molecular weight is 272 g/mol. The van der Waals surface area contributed by atoms with Gasteiger partial charge in [-0.15, -0.1) is 0 Å². The van der Waals surface area contributed by atoms with Crippen molar-refractivity contribution in [1.29, 1.82) is 0 Å². The van der Waals surface area contributed by atoms with Crippen LogP contribution in [0.4, 0.5) is 0 Å². The number of hydrogen-bond acceptors (Lipinski definition) is 1. The van der Waals surface area contributed by atoms with E-state index < -0.39 is 0 Å². The molecule has 0 heterocycles. The van der Waals surface area contributed by atoms with Crippen LogP contribution < -0.4 is 5.32 Å². The number of nitrogens with one attached hydrogen (secondary N) is 1. The molecule has 1 aliphatic carbocycles. The minimum atomic E-state index is 0.643. The number of benzene rings is 2. The third-order valence-electron chi connectivity index (χ3n) is 3.89. The van der Waals surface area contributed by atoms with Gasteiger partial charge in [0.15, 0.2) is 0 Å². The van der Waals surface area contributed by atoms with E-state index in [1.54, 1.807) is 0 Å². The van der Waals surface area contributed by atoms with Crippen LogP contribution in [0.15, 0.2) is 54.6 Å². The summed E-state index contributed by atoms with van der Waals surface area (Å²) in [7, 11) is 0. The Labute approximate surface area is 119 Å². The van der Waals surface area contributed by atoms with Crippen LogP contribution in [0.3, 0.4) is 0 Å². The molecule has 0 atom stereocenters. The van der Waals surface area contributed by atoms with Crippen LogP contribution in [0, 0.1) is 0 Å². The molecule has 1 aliphatic rings. The predicted octanol–water partition coefficient (Wildman–Crippen LogP) is 4.38. The molecule has 2 aromatic rings. The first-order valence-electron chi connectivity index (χ1n) is 6.84. The van der Waals surface area contributed by atoms with E-state index in [0.717, 1.165) is 17.5 Å². The number of hydrogen-bond donors (Lipinski definition) is 1. The highest BCUT2D eigenvalue weighted by atomic mass is 35.5. The number of rotatable bonds is 4. The maximum atomic E-state index is 5.98. The Hall–Kier alpha value is -1.31. The molecule has 19 heavy (non-hydrogen) atoms. The molecule has 0 aromatic heterocycles. The normalized spacial score (nSPS) is 21.9. The molecule has 1 nitrogen and oxygen atoms in total. The largest absolute Gasteiger partial charge is 0.310 e. The summed E-state index contributed by atoms with van der Waals surface area (Å²) in [5.41, 5.74) is 2.74. The van der Waals surface area contributed by atoms with E-state index in [2.05, 4.69) is 41.7 Å². The van der Waals surface area contributed by atoms with Crippen molar-refractivity contribution in [2.45, 2.75) is 31.3 Å². The lowest BCUT2D eigenvalue weighted by Gasteiger charge is -2.36. The molecule has 0 saturated heterocycles. The van der Waals surface area contributed by atoms with Crippen molar-refractivity contribution in [3.63, 3.8) is 0 Å². The summed E-state index contributed by atoms with van der Waals surface area (Å²) in [4.78, 5) is 0. The van der Waals surface area contributed by atoms with Gasteiger partial charge in [-0.3, -0.25) is 0 Å². The highest BCUT2D eigenvalue weighted by molar-refractivity contribution is 6.30. The maximum absolute atomic E-state index is 5.98. The fourth-order valence-corrected chi connectivity index (χ4v) is 2.90. The van der Waals surface area contributed by atoms with Crippen molar-refractivity contribution in [3.8, 4) is 0 Å². The van der Waals surface area contributed by atoms with E-state index in [-0.39, 0.29) is 0 Å². The third kappa shape index (κ3) is 3.17. The maximum Gasteiger partial charge on any atom is 0.0409 e. The van der Waals surface area contributed by atoms with Gasteiger partial charge in [-0.1, -0.05) is 54.1 Å². The Balaban J connectivity index is 1.47. The van der Waals surface area contributed by atoms with Crippen molar-refractivity contribution in [2.24, 2.45) is 0 Å². The van der Waals surface area contributed by atoms with Crippen LogP contribution in [-0.2, 0) is 6.54 Å². The SMILES string of the molecule is Clc1cccc(CNC2CC(c3ccccc3)C2)c1. The van der Waals surface area contributed by atoms with Crippen LogP contribution in [-0.4, -0.2) is 6.04 Å². The second-order valence-corrected chi connectivity index (χ2v) is 5.72. The third-order valence-corrected chi connectivity index (χ3v) is 4.13. The molecule has 2 aromatic carbocycles. The first-order chi connectivity index (χ1) is 9.31. The lowest BCUT2D eigenvalue weighted by atomic mass is 9.76. The van der Waals surface area contributed by atoms with Crippen LogP contribution in [0.25, 0.3) is 0 Å². The van der Waals surface area contributed by atoms with Gasteiger partial charge in [-0.2, -0.15) is 0 Å². The van der Waals surface area contributed by atoms with Gasteiger partial charge in [-0.25, -0.2) is 0 Å². The molecule has 1 saturated carbocycles. The molecular formula is C17H18ClN. The van der Waals surface area contributed by atoms with Crippen molar-refractivity contribution in [3.05, 3.63) is 70.7 Å². The van der Waals surface area contributed by atoms with Crippen molar-refractivity contribution in [1.82, 2.24) is 5.32 Å². The molecule has 0 aliphatic heterocycles. The fraction of sp³-hybridized carbons (Fsp3) is 0.294. The van der Waals surface area contributed by atoms with Crippen LogP contribution in [0.1, 0.15) is 29.9 Å². The number of halogens is 1. The van der Waals surface area contributed by atoms with E-state index >= 15 is 0 Å². The Morgan fingerprint density at radius 3 is 2.53 bits per heavy atom. The molecule has 2 heteroatoms. The summed E-state index contributed by atoms with van der Waals surface area (Å²) in [6, 6.07) is 19.5. The summed E-state index contributed by atoms with van der Waals surface area (Å²) in [6.07, 6.45) is 2.48. The van der Waals surface area contributed by atoms with Gasteiger partial charge in [0.25, 0.3) is 0 Å². The zero-order chi connectivity index (χ0) is 13.1. The lowest BCUT2D eigenvalue weighted by molar-refractivity contribution is 0.289. The average Bonchev–Trinajstić information content (AvgIpc) is 2.38. The van der Waals surface area contributed by atoms with Gasteiger partial charge in [0.2, 0.25) is 0 Å². The Kier molecular flexibility index (Phi) is 3.86. The summed E-state index contributed by atoms with van der Waals surface area (Å²) in [5.74, 6) is 0.734. The summed E-state index contributed by atoms with van der Waals surface area (Å²) >= 11 is 5.98.